The van der Waals surface area contributed by atoms with E-state index < -0.39 is 0 Å². The molecule has 0 aliphatic heterocycles. The lowest BCUT2D eigenvalue weighted by molar-refractivity contribution is -0.169. The van der Waals surface area contributed by atoms with Crippen LogP contribution in [-0.4, -0.2) is 41.5 Å². The van der Waals surface area contributed by atoms with Crippen molar-refractivity contribution < 1.29 is 14.4 Å². The third-order valence-electron chi connectivity index (χ3n) is 2.96. The summed E-state index contributed by atoms with van der Waals surface area (Å²) in [6, 6.07) is 5.86. The van der Waals surface area contributed by atoms with Gasteiger partial charge < -0.3 is 4.74 Å². The lowest BCUT2D eigenvalue weighted by atomic mass is 10.2. The highest BCUT2D eigenvalue weighted by Gasteiger charge is 2.12. The van der Waals surface area contributed by atoms with Crippen molar-refractivity contribution in [3.63, 3.8) is 0 Å². The summed E-state index contributed by atoms with van der Waals surface area (Å²) >= 11 is 3.43. The molecule has 1 amide bonds. The average molecular weight is 342 g/mol. The van der Waals surface area contributed by atoms with Gasteiger partial charge in [-0.1, -0.05) is 15.9 Å². The van der Waals surface area contributed by atoms with Crippen LogP contribution < -0.4 is 4.74 Å². The summed E-state index contributed by atoms with van der Waals surface area (Å²) in [6.07, 6.45) is 0.233. The van der Waals surface area contributed by atoms with Crippen molar-refractivity contribution in [1.82, 2.24) is 14.8 Å². The van der Waals surface area contributed by atoms with Gasteiger partial charge in [0, 0.05) is 18.6 Å². The molecule has 0 unspecified atom stereocenters. The predicted molar refractivity (Wildman–Crippen MR) is 78.3 cm³/mol. The van der Waals surface area contributed by atoms with Crippen LogP contribution in [0.5, 0.6) is 5.88 Å². The molecule has 0 aliphatic carbocycles. The van der Waals surface area contributed by atoms with E-state index in [4.69, 9.17) is 9.57 Å². The first kappa shape index (κ1) is 14.8. The van der Waals surface area contributed by atoms with E-state index in [0.29, 0.717) is 5.88 Å². The zero-order valence-corrected chi connectivity index (χ0v) is 13.2. The molecule has 7 heteroatoms. The third-order valence-corrected chi connectivity index (χ3v) is 3.45. The number of halogens is 1. The van der Waals surface area contributed by atoms with Crippen molar-refractivity contribution in [2.45, 2.75) is 6.42 Å². The number of carbonyl (C=O) groups excluding carboxylic acids is 1. The summed E-state index contributed by atoms with van der Waals surface area (Å²) in [5.74, 6) is 0.380. The minimum absolute atomic E-state index is 0.145. The lowest BCUT2D eigenvalue weighted by Crippen LogP contribution is -2.26. The SMILES string of the molecule is CON(C)C(=O)CCOc1nn(C)c2ccc(Br)cc12. The molecule has 0 bridgehead atoms. The number of carbonyl (C=O) groups is 1. The van der Waals surface area contributed by atoms with Gasteiger partial charge in [-0.25, -0.2) is 5.06 Å². The van der Waals surface area contributed by atoms with E-state index in [-0.39, 0.29) is 18.9 Å². The highest BCUT2D eigenvalue weighted by molar-refractivity contribution is 9.10. The first-order valence-corrected chi connectivity index (χ1v) is 6.88. The van der Waals surface area contributed by atoms with Crippen molar-refractivity contribution in [2.24, 2.45) is 7.05 Å². The largest absolute Gasteiger partial charge is 0.476 e. The zero-order chi connectivity index (χ0) is 14.7. The van der Waals surface area contributed by atoms with Crippen molar-refractivity contribution in [1.29, 1.82) is 0 Å². The van der Waals surface area contributed by atoms with Crippen LogP contribution in [0.15, 0.2) is 22.7 Å². The summed E-state index contributed by atoms with van der Waals surface area (Å²) in [7, 11) is 4.87. The first-order chi connectivity index (χ1) is 9.52. The molecule has 0 atom stereocenters. The van der Waals surface area contributed by atoms with E-state index in [1.54, 1.807) is 11.7 Å². The fourth-order valence-electron chi connectivity index (χ4n) is 1.81. The van der Waals surface area contributed by atoms with Gasteiger partial charge in [0.1, 0.15) is 0 Å². The molecule has 0 radical (unpaired) electrons. The second-order valence-corrected chi connectivity index (χ2v) is 5.18. The monoisotopic (exact) mass is 341 g/mol. The fraction of sp³-hybridized carbons (Fsp3) is 0.385. The van der Waals surface area contributed by atoms with Gasteiger partial charge in [0.25, 0.3) is 0 Å². The Morgan fingerprint density at radius 1 is 1.50 bits per heavy atom. The van der Waals surface area contributed by atoms with E-state index in [1.165, 1.54) is 12.2 Å². The van der Waals surface area contributed by atoms with Gasteiger partial charge in [-0.3, -0.25) is 14.3 Å². The van der Waals surface area contributed by atoms with Crippen molar-refractivity contribution in [3.05, 3.63) is 22.7 Å². The van der Waals surface area contributed by atoms with Crippen LogP contribution in [0.4, 0.5) is 0 Å². The maximum absolute atomic E-state index is 11.6. The van der Waals surface area contributed by atoms with Crippen LogP contribution in [0.1, 0.15) is 6.42 Å². The summed E-state index contributed by atoms with van der Waals surface area (Å²) < 4.78 is 8.31. The highest BCUT2D eigenvalue weighted by atomic mass is 79.9. The molecule has 0 saturated heterocycles. The molecule has 0 N–H and O–H groups in total. The Hall–Kier alpha value is -1.60. The number of ether oxygens (including phenoxy) is 1. The van der Waals surface area contributed by atoms with Gasteiger partial charge in [0.15, 0.2) is 0 Å². The number of hydrogen-bond acceptors (Lipinski definition) is 4. The van der Waals surface area contributed by atoms with E-state index in [9.17, 15) is 4.79 Å². The molecular formula is C13H16BrN3O3. The molecule has 2 aromatic rings. The fourth-order valence-corrected chi connectivity index (χ4v) is 2.17. The average Bonchev–Trinajstić information content (AvgIpc) is 2.74. The Labute approximate surface area is 125 Å². The van der Waals surface area contributed by atoms with Gasteiger partial charge in [-0.2, -0.15) is 0 Å². The normalized spacial score (nSPS) is 10.8. The number of hydroxylamine groups is 2. The van der Waals surface area contributed by atoms with Crippen LogP contribution >= 0.6 is 15.9 Å². The number of aryl methyl sites for hydroxylation is 1. The van der Waals surface area contributed by atoms with Gasteiger partial charge in [-0.05, 0) is 18.2 Å². The van der Waals surface area contributed by atoms with E-state index in [0.717, 1.165) is 15.4 Å². The Balaban J connectivity index is 2.07. The van der Waals surface area contributed by atoms with Gasteiger partial charge >= 0.3 is 0 Å². The maximum Gasteiger partial charge on any atom is 0.249 e. The number of benzene rings is 1. The summed E-state index contributed by atoms with van der Waals surface area (Å²) in [5.41, 5.74) is 0.975. The van der Waals surface area contributed by atoms with Crippen molar-refractivity contribution in [2.75, 3.05) is 20.8 Å². The quantitative estimate of drug-likeness (QED) is 0.781. The number of nitrogens with zero attached hydrogens (tertiary/aromatic N) is 3. The standard InChI is InChI=1S/C13H16BrN3O3/c1-16-11-5-4-9(14)8-10(11)13(15-16)20-7-6-12(18)17(2)19-3/h4-5,8H,6-7H2,1-3H3. The molecule has 1 aromatic heterocycles. The minimum atomic E-state index is -0.145. The summed E-state index contributed by atoms with van der Waals surface area (Å²) in [4.78, 5) is 16.4. The van der Waals surface area contributed by atoms with Crippen LogP contribution in [0.2, 0.25) is 0 Å². The van der Waals surface area contributed by atoms with Gasteiger partial charge in [0.05, 0.1) is 31.0 Å². The van der Waals surface area contributed by atoms with Crippen LogP contribution in [-0.2, 0) is 16.7 Å². The smallest absolute Gasteiger partial charge is 0.249 e. The number of aromatic nitrogens is 2. The number of fused-ring (bicyclic) bond motifs is 1. The molecular weight excluding hydrogens is 326 g/mol. The topological polar surface area (TPSA) is 56.6 Å². The number of rotatable bonds is 5. The van der Waals surface area contributed by atoms with Crippen LogP contribution in [0.25, 0.3) is 10.9 Å². The second kappa shape index (κ2) is 6.23. The summed E-state index contributed by atoms with van der Waals surface area (Å²) in [5, 5.41) is 6.40. The molecule has 1 aromatic carbocycles. The molecule has 108 valence electrons. The number of amides is 1. The van der Waals surface area contributed by atoms with E-state index in [2.05, 4.69) is 21.0 Å². The van der Waals surface area contributed by atoms with Crippen LogP contribution in [0.3, 0.4) is 0 Å². The Morgan fingerprint density at radius 2 is 2.25 bits per heavy atom. The molecule has 0 saturated carbocycles. The molecule has 6 nitrogen and oxygen atoms in total. The van der Waals surface area contributed by atoms with Crippen molar-refractivity contribution in [3.8, 4) is 5.88 Å². The van der Waals surface area contributed by atoms with Gasteiger partial charge in [0.2, 0.25) is 11.8 Å². The number of hydrogen-bond donors (Lipinski definition) is 0. The zero-order valence-electron chi connectivity index (χ0n) is 11.6. The van der Waals surface area contributed by atoms with E-state index in [1.807, 2.05) is 25.2 Å². The Bertz CT molecular complexity index is 627. The van der Waals surface area contributed by atoms with Crippen LogP contribution in [0, 0.1) is 0 Å². The molecule has 1 heterocycles. The molecule has 0 spiro atoms. The Kier molecular flexibility index (Phi) is 4.61. The van der Waals surface area contributed by atoms with Crippen molar-refractivity contribution >= 4 is 32.7 Å². The molecule has 0 aliphatic rings. The third kappa shape index (κ3) is 3.10. The highest BCUT2D eigenvalue weighted by Crippen LogP contribution is 2.27. The van der Waals surface area contributed by atoms with Gasteiger partial charge in [-0.15, -0.1) is 5.10 Å². The summed E-state index contributed by atoms with van der Waals surface area (Å²) in [6.45, 7) is 0.255. The minimum Gasteiger partial charge on any atom is -0.476 e. The second-order valence-electron chi connectivity index (χ2n) is 4.26. The first-order valence-electron chi connectivity index (χ1n) is 6.08. The molecule has 0 fully saturated rings. The molecule has 2 rings (SSSR count). The lowest BCUT2D eigenvalue weighted by Gasteiger charge is -2.13. The maximum atomic E-state index is 11.6. The Morgan fingerprint density at radius 3 is 2.95 bits per heavy atom. The predicted octanol–water partition coefficient (Wildman–Crippen LogP) is 2.12. The van der Waals surface area contributed by atoms with E-state index >= 15 is 0 Å². The molecule has 20 heavy (non-hydrogen) atoms.